The van der Waals surface area contributed by atoms with Crippen molar-refractivity contribution in [3.05, 3.63) is 90.5 Å². The Morgan fingerprint density at radius 1 is 1.19 bits per heavy atom. The van der Waals surface area contributed by atoms with E-state index in [1.165, 1.54) is 0 Å². The van der Waals surface area contributed by atoms with Gasteiger partial charge in [0.25, 0.3) is 0 Å². The molecule has 0 amide bonds. The van der Waals surface area contributed by atoms with Crippen LogP contribution >= 0.6 is 0 Å². The molecule has 0 aromatic heterocycles. The summed E-state index contributed by atoms with van der Waals surface area (Å²) in [6, 6.07) is 17.4. The van der Waals surface area contributed by atoms with Crippen LogP contribution in [-0.2, 0) is 21.6 Å². The van der Waals surface area contributed by atoms with E-state index in [0.29, 0.717) is 4.90 Å². The van der Waals surface area contributed by atoms with Crippen molar-refractivity contribution >= 4 is 17.1 Å². The van der Waals surface area contributed by atoms with E-state index in [1.54, 1.807) is 13.1 Å². The first-order chi connectivity index (χ1) is 12.6. The van der Waals surface area contributed by atoms with Crippen LogP contribution in [0, 0.1) is 0 Å². The average molecular weight is 365 g/mol. The first kappa shape index (κ1) is 18.6. The van der Waals surface area contributed by atoms with Crippen LogP contribution < -0.4 is 4.72 Å². The van der Waals surface area contributed by atoms with Gasteiger partial charge in [-0.2, -0.15) is 0 Å². The molecule has 4 heteroatoms. The van der Waals surface area contributed by atoms with Gasteiger partial charge in [-0.05, 0) is 36.1 Å². The zero-order chi connectivity index (χ0) is 18.6. The lowest BCUT2D eigenvalue weighted by Gasteiger charge is -2.21. The highest BCUT2D eigenvalue weighted by Gasteiger charge is 2.52. The van der Waals surface area contributed by atoms with Gasteiger partial charge >= 0.3 is 0 Å². The Morgan fingerprint density at radius 2 is 1.85 bits per heavy atom. The lowest BCUT2D eigenvalue weighted by atomic mass is 9.81. The van der Waals surface area contributed by atoms with Gasteiger partial charge in [0.1, 0.15) is 0 Å². The number of hydrogen-bond donors (Lipinski definition) is 1. The second-order valence-electron chi connectivity index (χ2n) is 6.45. The van der Waals surface area contributed by atoms with Crippen LogP contribution in [0.15, 0.2) is 84.3 Å². The van der Waals surface area contributed by atoms with Crippen LogP contribution in [0.1, 0.15) is 29.9 Å². The monoisotopic (exact) mass is 365 g/mol. The molecule has 1 N–H and O–H groups in total. The maximum atomic E-state index is 13.5. The van der Waals surface area contributed by atoms with Crippen LogP contribution in [0.3, 0.4) is 0 Å². The van der Waals surface area contributed by atoms with E-state index in [0.717, 1.165) is 24.0 Å². The van der Waals surface area contributed by atoms with Gasteiger partial charge in [0.2, 0.25) is 0 Å². The van der Waals surface area contributed by atoms with Crippen LogP contribution in [0.4, 0.5) is 0 Å². The summed E-state index contributed by atoms with van der Waals surface area (Å²) in [5.74, 6) is -0.128. The molecular formula is C22H23NO2S. The lowest BCUT2D eigenvalue weighted by molar-refractivity contribution is -0.122. The highest BCUT2D eigenvalue weighted by atomic mass is 32.2. The summed E-state index contributed by atoms with van der Waals surface area (Å²) in [7, 11) is 1.65. The second kappa shape index (κ2) is 8.04. The van der Waals surface area contributed by atoms with E-state index < -0.39 is 11.4 Å². The van der Waals surface area contributed by atoms with Crippen molar-refractivity contribution in [2.75, 3.05) is 7.05 Å². The molecule has 0 radical (unpaired) electrons. The Bertz CT molecular complexity index is 795. The SMILES string of the molecule is C=C/C=C\C(C(=O)C1(c2ccccc2)CC1)c1ccc([S+]([O-])NC)cc1. The zero-order valence-corrected chi connectivity index (χ0v) is 15.7. The maximum absolute atomic E-state index is 13.5. The molecule has 1 fully saturated rings. The fourth-order valence-corrected chi connectivity index (χ4v) is 3.93. The summed E-state index contributed by atoms with van der Waals surface area (Å²) < 4.78 is 14.6. The molecule has 0 spiro atoms. The van der Waals surface area contributed by atoms with Crippen LogP contribution in [-0.4, -0.2) is 17.4 Å². The van der Waals surface area contributed by atoms with Gasteiger partial charge in [-0.3, -0.25) is 4.79 Å². The number of carbonyl (C=O) groups is 1. The topological polar surface area (TPSA) is 52.2 Å². The van der Waals surface area contributed by atoms with Gasteiger partial charge in [0, 0.05) is 7.05 Å². The van der Waals surface area contributed by atoms with Gasteiger partial charge in [-0.15, -0.1) is 4.72 Å². The van der Waals surface area contributed by atoms with E-state index in [1.807, 2.05) is 66.7 Å². The molecule has 1 aliphatic carbocycles. The van der Waals surface area contributed by atoms with Crippen molar-refractivity contribution in [1.82, 2.24) is 4.72 Å². The Morgan fingerprint density at radius 3 is 2.38 bits per heavy atom. The fourth-order valence-electron chi connectivity index (χ4n) is 3.31. The molecule has 0 heterocycles. The largest absolute Gasteiger partial charge is 0.593 e. The Labute approximate surface area is 158 Å². The molecular weight excluding hydrogens is 342 g/mol. The van der Waals surface area contributed by atoms with Crippen molar-refractivity contribution in [2.45, 2.75) is 29.1 Å². The maximum Gasteiger partial charge on any atom is 0.173 e. The third kappa shape index (κ3) is 3.68. The lowest BCUT2D eigenvalue weighted by Crippen LogP contribution is -2.26. The van der Waals surface area contributed by atoms with Crippen LogP contribution in [0.2, 0.25) is 0 Å². The van der Waals surface area contributed by atoms with Gasteiger partial charge in [-0.1, -0.05) is 67.3 Å². The van der Waals surface area contributed by atoms with Crippen LogP contribution in [0.5, 0.6) is 0 Å². The summed E-state index contributed by atoms with van der Waals surface area (Å²) >= 11 is -1.23. The van der Waals surface area contributed by atoms with E-state index in [2.05, 4.69) is 11.3 Å². The number of benzene rings is 2. The molecule has 26 heavy (non-hydrogen) atoms. The minimum atomic E-state index is -1.23. The smallest absolute Gasteiger partial charge is 0.173 e. The summed E-state index contributed by atoms with van der Waals surface area (Å²) in [5, 5.41) is 0. The molecule has 134 valence electrons. The van der Waals surface area contributed by atoms with Gasteiger partial charge in [-0.25, -0.2) is 0 Å². The van der Waals surface area contributed by atoms with Gasteiger partial charge < -0.3 is 4.55 Å². The minimum absolute atomic E-state index is 0.212. The van der Waals surface area contributed by atoms with E-state index in [4.69, 9.17) is 0 Å². The summed E-state index contributed by atoms with van der Waals surface area (Å²) in [4.78, 5) is 14.1. The summed E-state index contributed by atoms with van der Waals surface area (Å²) in [6.07, 6.45) is 7.19. The van der Waals surface area contributed by atoms with Crippen molar-refractivity contribution in [3.8, 4) is 0 Å². The molecule has 2 aromatic rings. The highest BCUT2D eigenvalue weighted by molar-refractivity contribution is 7.89. The number of nitrogens with one attached hydrogen (secondary N) is 1. The van der Waals surface area contributed by atoms with Crippen LogP contribution in [0.25, 0.3) is 0 Å². The predicted molar refractivity (Wildman–Crippen MR) is 106 cm³/mol. The normalized spacial score (nSPS) is 17.6. The van der Waals surface area contributed by atoms with Crippen molar-refractivity contribution < 1.29 is 9.35 Å². The Hall–Kier alpha value is -2.14. The second-order valence-corrected chi connectivity index (χ2v) is 7.87. The Balaban J connectivity index is 1.93. The first-order valence-corrected chi connectivity index (χ1v) is 9.85. The summed E-state index contributed by atoms with van der Waals surface area (Å²) in [6.45, 7) is 3.72. The molecule has 2 aromatic carbocycles. The number of allylic oxidation sites excluding steroid dienone is 3. The first-order valence-electron chi connectivity index (χ1n) is 8.70. The predicted octanol–water partition coefficient (Wildman–Crippen LogP) is 4.06. The Kier molecular flexibility index (Phi) is 5.77. The van der Waals surface area contributed by atoms with Crippen molar-refractivity contribution in [1.29, 1.82) is 0 Å². The number of rotatable bonds is 8. The third-order valence-corrected chi connectivity index (χ3v) is 5.98. The fraction of sp³-hybridized carbons (Fsp3) is 0.227. The molecule has 3 nitrogen and oxygen atoms in total. The minimum Gasteiger partial charge on any atom is -0.593 e. The third-order valence-electron chi connectivity index (χ3n) is 4.91. The highest BCUT2D eigenvalue weighted by Crippen LogP contribution is 2.51. The quantitative estimate of drug-likeness (QED) is 0.567. The standard InChI is InChI=1S/C22H23NO2S/c1-3-4-10-20(17-11-13-19(14-12-17)26(25)23-2)21(24)22(15-16-22)18-8-6-5-7-9-18/h3-14,20,23H,1,15-16H2,2H3/b10-4-. The molecule has 3 rings (SSSR count). The molecule has 1 aliphatic rings. The number of hydrogen-bond acceptors (Lipinski definition) is 3. The number of carbonyl (C=O) groups excluding carboxylic acids is 1. The van der Waals surface area contributed by atoms with Gasteiger partial charge in [0.15, 0.2) is 10.7 Å². The van der Waals surface area contributed by atoms with E-state index in [9.17, 15) is 9.35 Å². The molecule has 2 atom stereocenters. The van der Waals surface area contributed by atoms with Crippen molar-refractivity contribution in [2.24, 2.45) is 0 Å². The van der Waals surface area contributed by atoms with Gasteiger partial charge in [0.05, 0.1) is 22.7 Å². The van der Waals surface area contributed by atoms with E-state index >= 15 is 0 Å². The van der Waals surface area contributed by atoms with E-state index in [-0.39, 0.29) is 17.1 Å². The number of Topliss-reactive ketones (excluding diaryl/α,β-unsaturated/α-hetero) is 1. The molecule has 1 saturated carbocycles. The van der Waals surface area contributed by atoms with Crippen molar-refractivity contribution in [3.63, 3.8) is 0 Å². The number of ketones is 1. The molecule has 0 aliphatic heterocycles. The molecule has 0 saturated heterocycles. The average Bonchev–Trinajstić information content (AvgIpc) is 3.51. The molecule has 0 bridgehead atoms. The molecule has 2 unspecified atom stereocenters. The summed E-state index contributed by atoms with van der Waals surface area (Å²) in [5.41, 5.74) is 1.62. The zero-order valence-electron chi connectivity index (χ0n) is 14.9.